The van der Waals surface area contributed by atoms with Gasteiger partial charge in [-0.15, -0.1) is 0 Å². The van der Waals surface area contributed by atoms with E-state index in [1.54, 1.807) is 0 Å². The van der Waals surface area contributed by atoms with Crippen LogP contribution in [0.4, 0.5) is 0 Å². The van der Waals surface area contributed by atoms with Gasteiger partial charge in [0.25, 0.3) is 0 Å². The molecule has 0 bridgehead atoms. The molecule has 0 fully saturated rings. The van der Waals surface area contributed by atoms with Gasteiger partial charge < -0.3 is 0 Å². The van der Waals surface area contributed by atoms with E-state index in [-0.39, 0.29) is 0 Å². The van der Waals surface area contributed by atoms with Crippen LogP contribution in [0.1, 0.15) is 33.4 Å². The van der Waals surface area contributed by atoms with Gasteiger partial charge in [0.1, 0.15) is 0 Å². The Morgan fingerprint density at radius 2 is 0.569 bits per heavy atom. The van der Waals surface area contributed by atoms with E-state index in [1.807, 2.05) is 24.3 Å². The van der Waals surface area contributed by atoms with Crippen molar-refractivity contribution in [3.05, 3.63) is 167 Å². The number of fused-ring (bicyclic) bond motifs is 11. The van der Waals surface area contributed by atoms with Crippen molar-refractivity contribution in [2.45, 2.75) is 27.7 Å². The lowest BCUT2D eigenvalue weighted by Gasteiger charge is -2.19. The molecule has 0 saturated carbocycles. The van der Waals surface area contributed by atoms with E-state index >= 15 is 0 Å². The van der Waals surface area contributed by atoms with Crippen molar-refractivity contribution in [3.63, 3.8) is 0 Å². The van der Waals surface area contributed by atoms with Crippen LogP contribution < -0.4 is 0 Å². The van der Waals surface area contributed by atoms with E-state index in [1.165, 1.54) is 121 Å². The van der Waals surface area contributed by atoms with E-state index in [2.05, 4.69) is 149 Å². The predicted molar refractivity (Wildman–Crippen MR) is 242 cm³/mol. The lowest BCUT2D eigenvalue weighted by molar-refractivity contribution is 1.48. The third kappa shape index (κ3) is 4.46. The number of nitriles is 2. The van der Waals surface area contributed by atoms with Gasteiger partial charge in [-0.25, -0.2) is 0 Å². The molecule has 2 heteroatoms. The fourth-order valence-electron chi connectivity index (χ4n) is 10.4. The molecule has 12 rings (SSSR count). The van der Waals surface area contributed by atoms with E-state index in [4.69, 9.17) is 0 Å². The van der Waals surface area contributed by atoms with Gasteiger partial charge in [-0.3, -0.25) is 0 Å². The highest BCUT2D eigenvalue weighted by atomic mass is 14.3. The smallest absolute Gasteiger partial charge is 0.0991 e. The fraction of sp³-hybridized carbons (Fsp3) is 0.0714. The second kappa shape index (κ2) is 11.5. The SMILES string of the molecule is Cc1cc2c3c(cc(C)cc3c1)-c1cc3c(cc1-2)c(-c1ccc(C#N)cc1)cc1c2cc4c(cc2c(-c2ccc(C#N)cc2)cc31)-c1cc(C)cc2cc(C)cc-4c12. The molecule has 0 amide bonds. The van der Waals surface area contributed by atoms with Gasteiger partial charge in [-0.2, -0.15) is 10.5 Å². The van der Waals surface area contributed by atoms with Crippen LogP contribution in [0.2, 0.25) is 0 Å². The lowest BCUT2D eigenvalue weighted by Crippen LogP contribution is -1.92. The maximum absolute atomic E-state index is 9.75. The van der Waals surface area contributed by atoms with Gasteiger partial charge >= 0.3 is 0 Å². The normalized spacial score (nSPS) is 12.1. The standard InChI is InChI=1S/C56H34N2/c1-29-13-37-15-31(3)19-53-49-25-45-41(23-47(49)51(17-29)55(37)53)39(35-9-5-33(27-57)6-10-35)21-44-43(45)22-40(36-11-7-34(28-58)8-12-36)42-24-48-50(26-46(42)44)54-20-32(4)16-38-14-30(2)18-52(48)56(38)54/h5-26H,1-4H3. The van der Waals surface area contributed by atoms with E-state index in [0.29, 0.717) is 11.1 Å². The van der Waals surface area contributed by atoms with Crippen LogP contribution in [0.15, 0.2) is 133 Å². The predicted octanol–water partition coefficient (Wildman–Crippen LogP) is 15.1. The largest absolute Gasteiger partial charge is 0.192 e. The highest BCUT2D eigenvalue weighted by Crippen LogP contribution is 2.54. The van der Waals surface area contributed by atoms with Crippen LogP contribution in [-0.2, 0) is 0 Å². The molecule has 0 heterocycles. The number of nitrogens with zero attached hydrogens (tertiary/aromatic N) is 2. The Kier molecular flexibility index (Phi) is 6.49. The Hall–Kier alpha value is -7.52. The maximum atomic E-state index is 9.75. The van der Waals surface area contributed by atoms with Crippen molar-refractivity contribution in [1.29, 1.82) is 10.5 Å². The molecular formula is C56H34N2. The minimum absolute atomic E-state index is 0.648. The summed E-state index contributed by atoms with van der Waals surface area (Å²) in [4.78, 5) is 0. The number of hydrogen-bond donors (Lipinski definition) is 0. The first-order chi connectivity index (χ1) is 28.2. The average molecular weight is 735 g/mol. The van der Waals surface area contributed by atoms with Gasteiger partial charge in [0.05, 0.1) is 23.3 Å². The molecule has 0 spiro atoms. The first-order valence-electron chi connectivity index (χ1n) is 19.9. The van der Waals surface area contributed by atoms with E-state index in [9.17, 15) is 10.5 Å². The van der Waals surface area contributed by atoms with Crippen molar-refractivity contribution in [1.82, 2.24) is 0 Å². The van der Waals surface area contributed by atoms with Gasteiger partial charge in [0, 0.05) is 0 Å². The summed E-state index contributed by atoms with van der Waals surface area (Å²) in [6.07, 6.45) is 0. The maximum Gasteiger partial charge on any atom is 0.0991 e. The highest BCUT2D eigenvalue weighted by Gasteiger charge is 2.27. The van der Waals surface area contributed by atoms with Crippen LogP contribution in [0.25, 0.3) is 121 Å². The van der Waals surface area contributed by atoms with Crippen molar-refractivity contribution >= 4 is 53.9 Å². The van der Waals surface area contributed by atoms with Crippen molar-refractivity contribution in [3.8, 4) is 78.9 Å². The first-order valence-corrected chi connectivity index (χ1v) is 19.9. The Morgan fingerprint density at radius 1 is 0.293 bits per heavy atom. The Balaban J connectivity index is 1.26. The third-order valence-corrected chi connectivity index (χ3v) is 12.8. The first kappa shape index (κ1) is 32.7. The summed E-state index contributed by atoms with van der Waals surface area (Å²) in [6, 6.07) is 54.0. The summed E-state index contributed by atoms with van der Waals surface area (Å²) >= 11 is 0. The highest BCUT2D eigenvalue weighted by molar-refractivity contribution is 6.29. The number of rotatable bonds is 2. The Labute approximate surface area is 336 Å². The quantitative estimate of drug-likeness (QED) is 0.166. The monoisotopic (exact) mass is 734 g/mol. The molecule has 0 saturated heterocycles. The summed E-state index contributed by atoms with van der Waals surface area (Å²) in [5, 5.41) is 31.9. The summed E-state index contributed by atoms with van der Waals surface area (Å²) in [5.41, 5.74) is 21.0. The van der Waals surface area contributed by atoms with Crippen molar-refractivity contribution < 1.29 is 0 Å². The zero-order valence-electron chi connectivity index (χ0n) is 32.6. The zero-order valence-corrected chi connectivity index (χ0v) is 32.6. The molecule has 0 aromatic heterocycles. The van der Waals surface area contributed by atoms with Crippen LogP contribution in [0.3, 0.4) is 0 Å². The second-order valence-corrected chi connectivity index (χ2v) is 16.7. The molecule has 10 aromatic carbocycles. The molecule has 0 N–H and O–H groups in total. The van der Waals surface area contributed by atoms with E-state index < -0.39 is 0 Å². The van der Waals surface area contributed by atoms with Crippen LogP contribution in [-0.4, -0.2) is 0 Å². The van der Waals surface area contributed by atoms with Crippen LogP contribution >= 0.6 is 0 Å². The van der Waals surface area contributed by atoms with Gasteiger partial charge in [0.2, 0.25) is 0 Å². The summed E-state index contributed by atoms with van der Waals surface area (Å²) < 4.78 is 0. The van der Waals surface area contributed by atoms with Gasteiger partial charge in [-0.1, -0.05) is 72.8 Å². The molecule has 0 radical (unpaired) electrons. The molecular weight excluding hydrogens is 701 g/mol. The second-order valence-electron chi connectivity index (χ2n) is 16.7. The molecule has 58 heavy (non-hydrogen) atoms. The summed E-state index contributed by atoms with van der Waals surface area (Å²) in [6.45, 7) is 8.79. The number of hydrogen-bond acceptors (Lipinski definition) is 2. The summed E-state index contributed by atoms with van der Waals surface area (Å²) in [5.74, 6) is 0. The van der Waals surface area contributed by atoms with Crippen molar-refractivity contribution in [2.24, 2.45) is 0 Å². The van der Waals surface area contributed by atoms with Crippen molar-refractivity contribution in [2.75, 3.05) is 0 Å². The molecule has 10 aromatic rings. The van der Waals surface area contributed by atoms with Crippen LogP contribution in [0.5, 0.6) is 0 Å². The topological polar surface area (TPSA) is 47.6 Å². The Bertz CT molecular complexity index is 3390. The summed E-state index contributed by atoms with van der Waals surface area (Å²) in [7, 11) is 0. The average Bonchev–Trinajstić information content (AvgIpc) is 3.69. The minimum Gasteiger partial charge on any atom is -0.192 e. The number of aryl methyl sites for hydroxylation is 4. The minimum atomic E-state index is 0.648. The number of benzene rings is 10. The van der Waals surface area contributed by atoms with E-state index in [0.717, 1.165) is 22.3 Å². The molecule has 2 aliphatic rings. The molecule has 2 nitrogen and oxygen atoms in total. The van der Waals surface area contributed by atoms with Gasteiger partial charge in [-0.05, 0) is 231 Å². The molecule has 0 atom stereocenters. The molecule has 2 aliphatic carbocycles. The van der Waals surface area contributed by atoms with Crippen LogP contribution in [0, 0.1) is 50.4 Å². The Morgan fingerprint density at radius 3 is 0.879 bits per heavy atom. The fourth-order valence-corrected chi connectivity index (χ4v) is 10.4. The molecule has 0 unspecified atom stereocenters. The molecule has 268 valence electrons. The molecule has 0 aliphatic heterocycles. The van der Waals surface area contributed by atoms with Gasteiger partial charge in [0.15, 0.2) is 0 Å². The lowest BCUT2D eigenvalue weighted by atomic mass is 9.84. The zero-order chi connectivity index (χ0) is 39.1. The third-order valence-electron chi connectivity index (χ3n) is 12.8.